The molecule has 1 rings (SSSR count). The first-order valence-corrected chi connectivity index (χ1v) is 4.38. The van der Waals surface area contributed by atoms with Crippen molar-refractivity contribution in [3.05, 3.63) is 34.2 Å². The molecule has 0 aromatic carbocycles. The van der Waals surface area contributed by atoms with Crippen LogP contribution in [-0.2, 0) is 4.79 Å². The van der Waals surface area contributed by atoms with E-state index in [1.165, 1.54) is 19.9 Å². The van der Waals surface area contributed by atoms with Crippen LogP contribution < -0.4 is 5.56 Å². The molecule has 1 aromatic heterocycles. The molecule has 0 aliphatic carbocycles. The molecular formula is C11H11NO3. The molecule has 0 bridgehead atoms. The van der Waals surface area contributed by atoms with Gasteiger partial charge in [0.15, 0.2) is 0 Å². The molecule has 0 fully saturated rings. The molecule has 0 amide bonds. The van der Waals surface area contributed by atoms with Crippen LogP contribution in [0.3, 0.4) is 0 Å². The van der Waals surface area contributed by atoms with E-state index in [1.807, 2.05) is 0 Å². The molecule has 0 saturated carbocycles. The number of pyridine rings is 1. The third-order valence-electron chi connectivity index (χ3n) is 1.81. The zero-order chi connectivity index (χ0) is 11.5. The second-order valence-corrected chi connectivity index (χ2v) is 3.61. The van der Waals surface area contributed by atoms with Crippen LogP contribution in [0.15, 0.2) is 23.0 Å². The zero-order valence-electron chi connectivity index (χ0n) is 8.50. The highest BCUT2D eigenvalue weighted by Gasteiger charge is 2.23. The Hall–Kier alpha value is -2.02. The van der Waals surface area contributed by atoms with Gasteiger partial charge in [0.1, 0.15) is 5.41 Å². The van der Waals surface area contributed by atoms with E-state index in [2.05, 4.69) is 16.8 Å². The quantitative estimate of drug-likeness (QED) is 0.667. The number of nitrogens with one attached hydrogen (secondary N) is 1. The maximum atomic E-state index is 10.9. The monoisotopic (exact) mass is 205 g/mol. The number of hydrogen-bond acceptors (Lipinski definition) is 2. The summed E-state index contributed by atoms with van der Waals surface area (Å²) in [4.78, 5) is 24.1. The topological polar surface area (TPSA) is 70.2 Å². The molecule has 0 saturated heterocycles. The van der Waals surface area contributed by atoms with Crippen LogP contribution in [0.25, 0.3) is 0 Å². The molecule has 0 spiro atoms. The highest BCUT2D eigenvalue weighted by molar-refractivity contribution is 5.77. The molecule has 0 unspecified atom stereocenters. The lowest BCUT2D eigenvalue weighted by atomic mass is 9.95. The lowest BCUT2D eigenvalue weighted by Gasteiger charge is -2.09. The van der Waals surface area contributed by atoms with E-state index in [-0.39, 0.29) is 5.56 Å². The van der Waals surface area contributed by atoms with Crippen molar-refractivity contribution in [2.45, 2.75) is 13.8 Å². The van der Waals surface area contributed by atoms with Gasteiger partial charge >= 0.3 is 5.97 Å². The van der Waals surface area contributed by atoms with Crippen LogP contribution >= 0.6 is 0 Å². The van der Waals surface area contributed by atoms with Crippen LogP contribution in [0.2, 0.25) is 0 Å². The number of carboxylic acids is 1. The molecule has 0 radical (unpaired) electrons. The molecule has 2 N–H and O–H groups in total. The fourth-order valence-corrected chi connectivity index (χ4v) is 0.798. The number of hydrogen-bond donors (Lipinski definition) is 2. The first-order valence-electron chi connectivity index (χ1n) is 4.38. The molecule has 0 aliphatic rings. The Bertz CT molecular complexity index is 488. The van der Waals surface area contributed by atoms with Crippen molar-refractivity contribution in [1.82, 2.24) is 4.98 Å². The van der Waals surface area contributed by atoms with Gasteiger partial charge in [-0.2, -0.15) is 0 Å². The number of carbonyl (C=O) groups is 1. The predicted octanol–water partition coefficient (Wildman–Crippen LogP) is 0.837. The van der Waals surface area contributed by atoms with Crippen molar-refractivity contribution in [3.8, 4) is 11.8 Å². The van der Waals surface area contributed by atoms with Crippen molar-refractivity contribution in [2.24, 2.45) is 5.41 Å². The molecule has 4 nitrogen and oxygen atoms in total. The van der Waals surface area contributed by atoms with Crippen LogP contribution in [0, 0.1) is 17.3 Å². The van der Waals surface area contributed by atoms with Gasteiger partial charge in [-0.25, -0.2) is 0 Å². The van der Waals surface area contributed by atoms with E-state index >= 15 is 0 Å². The molecule has 1 aromatic rings. The van der Waals surface area contributed by atoms with Crippen LogP contribution in [0.1, 0.15) is 19.5 Å². The minimum absolute atomic E-state index is 0.255. The number of aliphatic carboxylic acids is 1. The highest BCUT2D eigenvalue weighted by atomic mass is 16.4. The molecule has 1 heterocycles. The van der Waals surface area contributed by atoms with Gasteiger partial charge in [0, 0.05) is 6.07 Å². The average molecular weight is 205 g/mol. The van der Waals surface area contributed by atoms with Gasteiger partial charge in [0.05, 0.1) is 5.69 Å². The summed E-state index contributed by atoms with van der Waals surface area (Å²) in [5, 5.41) is 8.80. The lowest BCUT2D eigenvalue weighted by Crippen LogP contribution is -2.21. The predicted molar refractivity (Wildman–Crippen MR) is 55.4 cm³/mol. The Morgan fingerprint density at radius 1 is 1.47 bits per heavy atom. The largest absolute Gasteiger partial charge is 0.480 e. The summed E-state index contributed by atoms with van der Waals surface area (Å²) in [7, 11) is 0. The summed E-state index contributed by atoms with van der Waals surface area (Å²) in [6.07, 6.45) is 0. The second kappa shape index (κ2) is 4.01. The SMILES string of the molecule is CC(C)(C#Cc1cccc(=O)[nH]1)C(=O)O. The van der Waals surface area contributed by atoms with Gasteiger partial charge in [-0.15, -0.1) is 0 Å². The second-order valence-electron chi connectivity index (χ2n) is 3.61. The van der Waals surface area contributed by atoms with Crippen molar-refractivity contribution in [1.29, 1.82) is 0 Å². The maximum absolute atomic E-state index is 10.9. The fourth-order valence-electron chi connectivity index (χ4n) is 0.798. The van der Waals surface area contributed by atoms with Gasteiger partial charge in [0.2, 0.25) is 5.56 Å². The van der Waals surface area contributed by atoms with Gasteiger partial charge < -0.3 is 10.1 Å². The summed E-state index contributed by atoms with van der Waals surface area (Å²) in [6, 6.07) is 4.55. The standard InChI is InChI=1S/C11H11NO3/c1-11(2,10(14)15)7-6-8-4-3-5-9(13)12-8/h3-5H,1-2H3,(H,12,13)(H,14,15). The Morgan fingerprint density at radius 3 is 2.67 bits per heavy atom. The Morgan fingerprint density at radius 2 is 2.13 bits per heavy atom. The Balaban J connectivity index is 3.01. The lowest BCUT2D eigenvalue weighted by molar-refractivity contribution is -0.143. The maximum Gasteiger partial charge on any atom is 0.321 e. The number of rotatable bonds is 1. The first-order chi connectivity index (χ1) is 6.92. The fraction of sp³-hybridized carbons (Fsp3) is 0.273. The highest BCUT2D eigenvalue weighted by Crippen LogP contribution is 2.12. The molecule has 78 valence electrons. The Labute approximate surface area is 87.0 Å². The van der Waals surface area contributed by atoms with E-state index in [0.717, 1.165) is 0 Å². The third kappa shape index (κ3) is 2.99. The first kappa shape index (κ1) is 11.1. The third-order valence-corrected chi connectivity index (χ3v) is 1.81. The minimum atomic E-state index is -1.12. The minimum Gasteiger partial charge on any atom is -0.480 e. The number of H-pyrrole nitrogens is 1. The smallest absolute Gasteiger partial charge is 0.321 e. The van der Waals surface area contributed by atoms with Crippen molar-refractivity contribution in [2.75, 3.05) is 0 Å². The number of carboxylic acid groups (broad SMARTS) is 1. The van der Waals surface area contributed by atoms with Gasteiger partial charge in [0.25, 0.3) is 0 Å². The van der Waals surface area contributed by atoms with Crippen LogP contribution in [-0.4, -0.2) is 16.1 Å². The zero-order valence-corrected chi connectivity index (χ0v) is 8.50. The summed E-state index contributed by atoms with van der Waals surface area (Å²) in [5.74, 6) is 4.21. The van der Waals surface area contributed by atoms with Crippen molar-refractivity contribution < 1.29 is 9.90 Å². The van der Waals surface area contributed by atoms with E-state index in [1.54, 1.807) is 12.1 Å². The number of aromatic nitrogens is 1. The van der Waals surface area contributed by atoms with E-state index in [0.29, 0.717) is 5.69 Å². The van der Waals surface area contributed by atoms with Gasteiger partial charge in [-0.1, -0.05) is 12.0 Å². The molecule has 15 heavy (non-hydrogen) atoms. The van der Waals surface area contributed by atoms with Crippen LogP contribution in [0.4, 0.5) is 0 Å². The van der Waals surface area contributed by atoms with E-state index in [9.17, 15) is 9.59 Å². The Kier molecular flexibility index (Phi) is 2.96. The average Bonchev–Trinajstić information content (AvgIpc) is 2.15. The normalized spacial score (nSPS) is 10.3. The van der Waals surface area contributed by atoms with Crippen molar-refractivity contribution >= 4 is 5.97 Å². The molecule has 4 heteroatoms. The summed E-state index contributed by atoms with van der Waals surface area (Å²) >= 11 is 0. The van der Waals surface area contributed by atoms with Gasteiger partial charge in [-0.05, 0) is 25.8 Å². The summed E-state index contributed by atoms with van der Waals surface area (Å²) in [5.41, 5.74) is -0.959. The molecular weight excluding hydrogens is 194 g/mol. The number of aromatic amines is 1. The van der Waals surface area contributed by atoms with E-state index < -0.39 is 11.4 Å². The van der Waals surface area contributed by atoms with Gasteiger partial charge in [-0.3, -0.25) is 9.59 Å². The van der Waals surface area contributed by atoms with E-state index in [4.69, 9.17) is 5.11 Å². The summed E-state index contributed by atoms with van der Waals surface area (Å²) < 4.78 is 0. The molecule has 0 aliphatic heterocycles. The van der Waals surface area contributed by atoms with Crippen molar-refractivity contribution in [3.63, 3.8) is 0 Å². The summed E-state index contributed by atoms with van der Waals surface area (Å²) in [6.45, 7) is 3.01. The molecule has 0 atom stereocenters. The van der Waals surface area contributed by atoms with Crippen LogP contribution in [0.5, 0.6) is 0 Å².